The second-order valence-corrected chi connectivity index (χ2v) is 10.6. The van der Waals surface area contributed by atoms with Gasteiger partial charge in [-0.15, -0.1) is 23.5 Å². The number of hydrogen-bond acceptors (Lipinski definition) is 8. The van der Waals surface area contributed by atoms with E-state index in [-0.39, 0.29) is 23.1 Å². The number of β-lactam (4-membered cyclic amide) rings is 1. The third kappa shape index (κ3) is 4.94. The van der Waals surface area contributed by atoms with E-state index in [1.807, 2.05) is 42.5 Å². The largest absolute Gasteiger partial charge is 0.497 e. The molecule has 3 aromatic rings. The van der Waals surface area contributed by atoms with E-state index in [0.29, 0.717) is 28.3 Å². The number of carboxylic acids is 1. The number of hydrogen-bond donors (Lipinski definition) is 2. The van der Waals surface area contributed by atoms with Gasteiger partial charge in [-0.05, 0) is 36.4 Å². The normalized spacial score (nSPS) is 18.4. The van der Waals surface area contributed by atoms with Crippen LogP contribution in [0.2, 0.25) is 0 Å². The Morgan fingerprint density at radius 2 is 1.97 bits per heavy atom. The maximum atomic E-state index is 13.0. The molecule has 2 N–H and O–H groups in total. The molecule has 0 unspecified atom stereocenters. The molecule has 1 saturated heterocycles. The minimum Gasteiger partial charge on any atom is -0.497 e. The molecule has 0 radical (unpaired) electrons. The number of thioether (sulfide) groups is 2. The molecule has 11 heteroatoms. The van der Waals surface area contributed by atoms with Crippen molar-refractivity contribution in [3.8, 4) is 17.0 Å². The third-order valence-corrected chi connectivity index (χ3v) is 8.45. The SMILES string of the molecule is C=C(C1=C(C(=O)O)N2C(=O)[C@@H](NC(=O)CSc3ccccc3)[C@H]2SC1)c1cc(-c2ccc(OC)cc2)no1. The molecule has 38 heavy (non-hydrogen) atoms. The van der Waals surface area contributed by atoms with Crippen LogP contribution in [0.4, 0.5) is 0 Å². The van der Waals surface area contributed by atoms with Crippen LogP contribution in [-0.4, -0.2) is 63.0 Å². The topological polar surface area (TPSA) is 122 Å². The Balaban J connectivity index is 1.29. The summed E-state index contributed by atoms with van der Waals surface area (Å²) in [6.07, 6.45) is 0. The molecule has 1 fully saturated rings. The van der Waals surface area contributed by atoms with Crippen molar-refractivity contribution in [2.45, 2.75) is 16.3 Å². The highest BCUT2D eigenvalue weighted by atomic mass is 32.2. The first-order valence-corrected chi connectivity index (χ1v) is 13.6. The fourth-order valence-corrected chi connectivity index (χ4v) is 6.31. The highest BCUT2D eigenvalue weighted by Gasteiger charge is 2.54. The van der Waals surface area contributed by atoms with E-state index in [2.05, 4.69) is 17.1 Å². The van der Waals surface area contributed by atoms with Crippen molar-refractivity contribution in [3.63, 3.8) is 0 Å². The van der Waals surface area contributed by atoms with Crippen LogP contribution in [0.15, 0.2) is 87.9 Å². The Bertz CT molecular complexity index is 1430. The van der Waals surface area contributed by atoms with Crippen molar-refractivity contribution in [2.75, 3.05) is 18.6 Å². The first kappa shape index (κ1) is 25.7. The lowest BCUT2D eigenvalue weighted by molar-refractivity contribution is -0.150. The summed E-state index contributed by atoms with van der Waals surface area (Å²) in [6.45, 7) is 4.05. The van der Waals surface area contributed by atoms with Crippen LogP contribution in [0.25, 0.3) is 16.8 Å². The van der Waals surface area contributed by atoms with Gasteiger partial charge in [-0.3, -0.25) is 14.5 Å². The zero-order valence-electron chi connectivity index (χ0n) is 20.2. The maximum absolute atomic E-state index is 13.0. The number of ether oxygens (including phenoxy) is 1. The first-order valence-electron chi connectivity index (χ1n) is 11.6. The molecule has 0 aliphatic carbocycles. The van der Waals surface area contributed by atoms with E-state index < -0.39 is 23.3 Å². The minimum absolute atomic E-state index is 0.150. The highest BCUT2D eigenvalue weighted by molar-refractivity contribution is 8.00. The average molecular weight is 550 g/mol. The number of carboxylic acid groups (broad SMARTS) is 1. The number of aromatic nitrogens is 1. The van der Waals surface area contributed by atoms with Crippen molar-refractivity contribution in [3.05, 3.63) is 84.3 Å². The molecule has 9 nitrogen and oxygen atoms in total. The van der Waals surface area contributed by atoms with Crippen molar-refractivity contribution in [1.29, 1.82) is 0 Å². The summed E-state index contributed by atoms with van der Waals surface area (Å²) in [5, 5.41) is 16.3. The Kier molecular flexibility index (Phi) is 7.30. The van der Waals surface area contributed by atoms with Crippen molar-refractivity contribution in [1.82, 2.24) is 15.4 Å². The van der Waals surface area contributed by atoms with Crippen LogP contribution >= 0.6 is 23.5 Å². The summed E-state index contributed by atoms with van der Waals surface area (Å²) in [5.41, 5.74) is 1.89. The number of fused-ring (bicyclic) bond motifs is 1. The van der Waals surface area contributed by atoms with Crippen molar-refractivity contribution < 1.29 is 28.8 Å². The summed E-state index contributed by atoms with van der Waals surface area (Å²) < 4.78 is 10.7. The van der Waals surface area contributed by atoms with Gasteiger partial charge in [0.2, 0.25) is 5.91 Å². The van der Waals surface area contributed by atoms with Gasteiger partial charge in [0.05, 0.1) is 12.9 Å². The molecule has 0 spiro atoms. The van der Waals surface area contributed by atoms with Gasteiger partial charge in [0.25, 0.3) is 5.91 Å². The maximum Gasteiger partial charge on any atom is 0.352 e. The standard InChI is InChI=1S/C27H23N3O6S2/c1-15(21-12-20(29-36-21)16-8-10-17(35-2)11-9-16)19-13-38-26-23(25(32)30(26)24(19)27(33)34)28-22(31)14-37-18-6-4-3-5-7-18/h3-12,23,26H,1,13-14H2,2H3,(H,28,31)(H,33,34)/t23-,26-/m1/s1. The van der Waals surface area contributed by atoms with E-state index in [1.54, 1.807) is 25.3 Å². The number of carbonyl (C=O) groups excluding carboxylic acids is 2. The average Bonchev–Trinajstić information content (AvgIpc) is 3.44. The second kappa shape index (κ2) is 10.8. The van der Waals surface area contributed by atoms with E-state index >= 15 is 0 Å². The van der Waals surface area contributed by atoms with Crippen molar-refractivity contribution in [2.24, 2.45) is 0 Å². The fraction of sp³-hybridized carbons (Fsp3) is 0.185. The van der Waals surface area contributed by atoms with E-state index in [4.69, 9.17) is 9.26 Å². The van der Waals surface area contributed by atoms with Gasteiger partial charge < -0.3 is 19.7 Å². The monoisotopic (exact) mass is 549 g/mol. The molecule has 2 atom stereocenters. The van der Waals surface area contributed by atoms with E-state index in [9.17, 15) is 19.5 Å². The van der Waals surface area contributed by atoms with Crippen LogP contribution in [0.3, 0.4) is 0 Å². The number of allylic oxidation sites excluding steroid dienone is 1. The smallest absolute Gasteiger partial charge is 0.352 e. The molecule has 194 valence electrons. The van der Waals surface area contributed by atoms with E-state index in [1.165, 1.54) is 28.4 Å². The summed E-state index contributed by atoms with van der Waals surface area (Å²) in [4.78, 5) is 39.9. The van der Waals surface area contributed by atoms with Crippen LogP contribution < -0.4 is 10.1 Å². The van der Waals surface area contributed by atoms with Gasteiger partial charge in [0, 0.05) is 33.4 Å². The van der Waals surface area contributed by atoms with Gasteiger partial charge in [-0.25, -0.2) is 4.79 Å². The molecule has 2 amide bonds. The molecule has 0 saturated carbocycles. The molecule has 2 aliphatic rings. The van der Waals surface area contributed by atoms with Crippen LogP contribution in [0.5, 0.6) is 5.75 Å². The number of rotatable bonds is 9. The Morgan fingerprint density at radius 3 is 2.66 bits per heavy atom. The van der Waals surface area contributed by atoms with Crippen LogP contribution in [0, 0.1) is 0 Å². The van der Waals surface area contributed by atoms with Gasteiger partial charge in [-0.2, -0.15) is 0 Å². The highest BCUT2D eigenvalue weighted by Crippen LogP contribution is 2.44. The molecule has 3 heterocycles. The number of nitrogens with one attached hydrogen (secondary N) is 1. The predicted molar refractivity (Wildman–Crippen MR) is 144 cm³/mol. The first-order chi connectivity index (χ1) is 18.4. The zero-order chi connectivity index (χ0) is 26.8. The summed E-state index contributed by atoms with van der Waals surface area (Å²) >= 11 is 2.73. The minimum atomic E-state index is -1.25. The number of amides is 2. The number of nitrogens with zero attached hydrogens (tertiary/aromatic N) is 2. The van der Waals surface area contributed by atoms with Crippen LogP contribution in [-0.2, 0) is 14.4 Å². The second-order valence-electron chi connectivity index (χ2n) is 8.47. The molecular formula is C27H23N3O6S2. The molecular weight excluding hydrogens is 526 g/mol. The molecule has 1 aromatic heterocycles. The quantitative estimate of drug-likeness (QED) is 0.302. The fourth-order valence-electron chi connectivity index (χ4n) is 4.19. The molecule has 2 aliphatic heterocycles. The zero-order valence-corrected chi connectivity index (χ0v) is 21.9. The summed E-state index contributed by atoms with van der Waals surface area (Å²) in [6, 6.07) is 17.6. The Hall–Kier alpha value is -3.96. The predicted octanol–water partition coefficient (Wildman–Crippen LogP) is 3.89. The van der Waals surface area contributed by atoms with Crippen molar-refractivity contribution >= 4 is 46.9 Å². The molecule has 5 rings (SSSR count). The summed E-state index contributed by atoms with van der Waals surface area (Å²) in [7, 11) is 1.58. The van der Waals surface area contributed by atoms with E-state index in [0.717, 1.165) is 10.5 Å². The number of methoxy groups -OCH3 is 1. The number of benzene rings is 2. The number of aliphatic carboxylic acids is 1. The third-order valence-electron chi connectivity index (χ3n) is 6.16. The lowest BCUT2D eigenvalue weighted by Gasteiger charge is -2.49. The lowest BCUT2D eigenvalue weighted by Crippen LogP contribution is -2.70. The Labute approximate surface area is 226 Å². The van der Waals surface area contributed by atoms with Gasteiger partial charge >= 0.3 is 5.97 Å². The van der Waals surface area contributed by atoms with Gasteiger partial charge in [0.15, 0.2) is 5.76 Å². The molecule has 2 aromatic carbocycles. The lowest BCUT2D eigenvalue weighted by atomic mass is 9.98. The van der Waals surface area contributed by atoms with Gasteiger partial charge in [-0.1, -0.05) is 29.9 Å². The van der Waals surface area contributed by atoms with Crippen LogP contribution in [0.1, 0.15) is 5.76 Å². The molecule has 0 bridgehead atoms. The van der Waals surface area contributed by atoms with Gasteiger partial charge in [0.1, 0.15) is 28.6 Å². The number of carbonyl (C=O) groups is 3. The summed E-state index contributed by atoms with van der Waals surface area (Å²) in [5.74, 6) is -0.579. The Morgan fingerprint density at radius 1 is 1.24 bits per heavy atom.